The van der Waals surface area contributed by atoms with Crippen LogP contribution in [-0.2, 0) is 6.42 Å². The average molecular weight is 318 g/mol. The van der Waals surface area contributed by atoms with Crippen LogP contribution in [0.15, 0.2) is 10.5 Å². The minimum Gasteiger partial charge on any atom is -0.317 e. The molecule has 1 atom stereocenters. The predicted octanol–water partition coefficient (Wildman–Crippen LogP) is 4.78. The highest BCUT2D eigenvalue weighted by molar-refractivity contribution is 9.10. The van der Waals surface area contributed by atoms with Gasteiger partial charge >= 0.3 is 0 Å². The maximum absolute atomic E-state index is 3.58. The van der Waals surface area contributed by atoms with E-state index < -0.39 is 0 Å². The summed E-state index contributed by atoms with van der Waals surface area (Å²) >= 11 is 5.51. The third kappa shape index (κ3) is 6.03. The first-order valence-electron chi connectivity index (χ1n) is 6.59. The first-order valence-corrected chi connectivity index (χ1v) is 8.20. The summed E-state index contributed by atoms with van der Waals surface area (Å²) in [6.07, 6.45) is 5.06. The van der Waals surface area contributed by atoms with Gasteiger partial charge in [-0.2, -0.15) is 0 Å². The Kier molecular flexibility index (Phi) is 7.40. The molecule has 3 heteroatoms. The van der Waals surface area contributed by atoms with Gasteiger partial charge in [0.1, 0.15) is 0 Å². The van der Waals surface area contributed by atoms with Crippen molar-refractivity contribution in [2.24, 2.45) is 5.92 Å². The lowest BCUT2D eigenvalue weighted by Gasteiger charge is -2.10. The van der Waals surface area contributed by atoms with Gasteiger partial charge in [0.25, 0.3) is 0 Å². The molecule has 0 aromatic carbocycles. The van der Waals surface area contributed by atoms with Crippen LogP contribution in [0.1, 0.15) is 42.9 Å². The molecule has 1 N–H and O–H groups in total. The zero-order valence-electron chi connectivity index (χ0n) is 11.2. The molecular weight excluding hydrogens is 294 g/mol. The fourth-order valence-corrected chi connectivity index (χ4v) is 3.44. The molecule has 0 aliphatic carbocycles. The van der Waals surface area contributed by atoms with Crippen molar-refractivity contribution in [2.75, 3.05) is 13.1 Å². The summed E-state index contributed by atoms with van der Waals surface area (Å²) in [7, 11) is 0. The molecular formula is C14H24BrNS. The second kappa shape index (κ2) is 8.28. The molecule has 17 heavy (non-hydrogen) atoms. The van der Waals surface area contributed by atoms with Crippen LogP contribution in [0.4, 0.5) is 0 Å². The van der Waals surface area contributed by atoms with Crippen molar-refractivity contribution in [2.45, 2.75) is 46.5 Å². The molecule has 1 rings (SSSR count). The first-order chi connectivity index (χ1) is 8.13. The molecule has 0 bridgehead atoms. The smallest absolute Gasteiger partial charge is 0.0314 e. The second-order valence-electron chi connectivity index (χ2n) is 4.80. The highest BCUT2D eigenvalue weighted by Crippen LogP contribution is 2.28. The van der Waals surface area contributed by atoms with Crippen molar-refractivity contribution in [1.82, 2.24) is 5.32 Å². The van der Waals surface area contributed by atoms with E-state index >= 15 is 0 Å². The second-order valence-corrected chi connectivity index (χ2v) is 6.99. The number of aryl methyl sites for hydroxylation is 2. The zero-order valence-corrected chi connectivity index (χ0v) is 13.6. The normalized spacial score (nSPS) is 12.9. The number of hydrogen-bond donors (Lipinski definition) is 1. The van der Waals surface area contributed by atoms with Crippen molar-refractivity contribution >= 4 is 27.3 Å². The number of halogens is 1. The molecule has 0 amide bonds. The van der Waals surface area contributed by atoms with Gasteiger partial charge < -0.3 is 5.32 Å². The molecule has 1 aromatic rings. The molecule has 0 aliphatic heterocycles. The highest BCUT2D eigenvalue weighted by Gasteiger charge is 2.06. The van der Waals surface area contributed by atoms with Gasteiger partial charge in [-0.1, -0.05) is 13.8 Å². The van der Waals surface area contributed by atoms with Crippen LogP contribution < -0.4 is 5.32 Å². The third-order valence-electron chi connectivity index (χ3n) is 3.03. The maximum atomic E-state index is 3.58. The minimum absolute atomic E-state index is 0.820. The van der Waals surface area contributed by atoms with Gasteiger partial charge in [0, 0.05) is 14.2 Å². The molecule has 0 aliphatic rings. The Morgan fingerprint density at radius 2 is 2.12 bits per heavy atom. The first kappa shape index (κ1) is 15.2. The number of hydrogen-bond acceptors (Lipinski definition) is 2. The lowest BCUT2D eigenvalue weighted by Crippen LogP contribution is -2.18. The van der Waals surface area contributed by atoms with E-state index in [1.54, 1.807) is 0 Å². The van der Waals surface area contributed by atoms with Crippen molar-refractivity contribution in [1.29, 1.82) is 0 Å². The lowest BCUT2D eigenvalue weighted by molar-refractivity contribution is 0.471. The summed E-state index contributed by atoms with van der Waals surface area (Å²) in [5, 5.41) is 3.47. The van der Waals surface area contributed by atoms with Gasteiger partial charge in [-0.3, -0.25) is 0 Å². The van der Waals surface area contributed by atoms with Crippen LogP contribution in [-0.4, -0.2) is 13.1 Å². The number of nitrogens with one attached hydrogen (secondary N) is 1. The molecule has 1 aromatic heterocycles. The van der Waals surface area contributed by atoms with Crippen LogP contribution in [0, 0.1) is 12.8 Å². The van der Waals surface area contributed by atoms with Crippen LogP contribution in [0.2, 0.25) is 0 Å². The van der Waals surface area contributed by atoms with E-state index in [0.717, 1.165) is 12.5 Å². The molecule has 0 spiro atoms. The van der Waals surface area contributed by atoms with Crippen LogP contribution >= 0.6 is 27.3 Å². The average Bonchev–Trinajstić information content (AvgIpc) is 2.62. The van der Waals surface area contributed by atoms with Crippen LogP contribution in [0.3, 0.4) is 0 Å². The molecule has 1 unspecified atom stereocenters. The maximum Gasteiger partial charge on any atom is 0.0314 e. The van der Waals surface area contributed by atoms with Crippen molar-refractivity contribution in [3.05, 3.63) is 20.3 Å². The fraction of sp³-hybridized carbons (Fsp3) is 0.714. The fourth-order valence-electron chi connectivity index (χ4n) is 1.82. The SMILES string of the molecule is CCCNCCC(C)CCc1cc(Br)c(C)s1. The summed E-state index contributed by atoms with van der Waals surface area (Å²) in [5.74, 6) is 0.820. The monoisotopic (exact) mass is 317 g/mol. The van der Waals surface area contributed by atoms with E-state index in [2.05, 4.69) is 48.1 Å². The topological polar surface area (TPSA) is 12.0 Å². The number of rotatable bonds is 8. The Hall–Kier alpha value is 0.140. The molecule has 0 radical (unpaired) electrons. The van der Waals surface area contributed by atoms with Crippen molar-refractivity contribution in [3.63, 3.8) is 0 Å². The summed E-state index contributed by atoms with van der Waals surface area (Å²) < 4.78 is 1.27. The van der Waals surface area contributed by atoms with Gasteiger partial charge in [0.05, 0.1) is 0 Å². The van der Waals surface area contributed by atoms with E-state index in [1.165, 1.54) is 46.5 Å². The minimum atomic E-state index is 0.820. The van der Waals surface area contributed by atoms with E-state index in [4.69, 9.17) is 0 Å². The van der Waals surface area contributed by atoms with E-state index in [1.807, 2.05) is 11.3 Å². The van der Waals surface area contributed by atoms with Gasteiger partial charge in [-0.25, -0.2) is 0 Å². The lowest BCUT2D eigenvalue weighted by atomic mass is 10.0. The van der Waals surface area contributed by atoms with E-state index in [-0.39, 0.29) is 0 Å². The third-order valence-corrected chi connectivity index (χ3v) is 5.23. The Morgan fingerprint density at radius 1 is 1.35 bits per heavy atom. The summed E-state index contributed by atoms with van der Waals surface area (Å²) in [4.78, 5) is 2.92. The Morgan fingerprint density at radius 3 is 2.71 bits per heavy atom. The largest absolute Gasteiger partial charge is 0.317 e. The zero-order chi connectivity index (χ0) is 12.7. The number of thiophene rings is 1. The van der Waals surface area contributed by atoms with Gasteiger partial charge in [0.15, 0.2) is 0 Å². The Balaban J connectivity index is 2.17. The molecule has 0 saturated carbocycles. The molecule has 1 nitrogen and oxygen atoms in total. The standard InChI is InChI=1S/C14H24BrNS/c1-4-8-16-9-7-11(2)5-6-13-10-14(15)12(3)17-13/h10-11,16H,4-9H2,1-3H3. The van der Waals surface area contributed by atoms with E-state index in [0.29, 0.717) is 0 Å². The Bertz CT molecular complexity index is 303. The highest BCUT2D eigenvalue weighted by atomic mass is 79.9. The van der Waals surface area contributed by atoms with Crippen LogP contribution in [0.5, 0.6) is 0 Å². The summed E-state index contributed by atoms with van der Waals surface area (Å²) in [6.45, 7) is 9.08. The predicted molar refractivity (Wildman–Crippen MR) is 82.0 cm³/mol. The Labute approximate surface area is 118 Å². The van der Waals surface area contributed by atoms with E-state index in [9.17, 15) is 0 Å². The van der Waals surface area contributed by atoms with Crippen molar-refractivity contribution < 1.29 is 0 Å². The molecule has 0 saturated heterocycles. The summed E-state index contributed by atoms with van der Waals surface area (Å²) in [6, 6.07) is 2.28. The van der Waals surface area contributed by atoms with Crippen LogP contribution in [0.25, 0.3) is 0 Å². The van der Waals surface area contributed by atoms with Crippen molar-refractivity contribution in [3.8, 4) is 0 Å². The van der Waals surface area contributed by atoms with Gasteiger partial charge in [-0.05, 0) is 73.6 Å². The van der Waals surface area contributed by atoms with Gasteiger partial charge in [0.2, 0.25) is 0 Å². The summed E-state index contributed by atoms with van der Waals surface area (Å²) in [5.41, 5.74) is 0. The quantitative estimate of drug-likeness (QED) is 0.680. The van der Waals surface area contributed by atoms with Gasteiger partial charge in [-0.15, -0.1) is 11.3 Å². The molecule has 1 heterocycles. The molecule has 98 valence electrons. The molecule has 0 fully saturated rings.